The summed E-state index contributed by atoms with van der Waals surface area (Å²) in [5, 5.41) is 3.46. The molecule has 0 aliphatic rings. The Hall–Kier alpha value is -0.510. The third kappa shape index (κ3) is 5.17. The molecule has 0 spiro atoms. The molecular formula is C16H27NOS. The lowest BCUT2D eigenvalue weighted by Gasteiger charge is -2.21. The fourth-order valence-electron chi connectivity index (χ4n) is 2.56. The van der Waals surface area contributed by atoms with Crippen LogP contribution in [0.1, 0.15) is 34.7 Å². The summed E-state index contributed by atoms with van der Waals surface area (Å²) in [5.74, 6) is 2.28. The average molecular weight is 281 g/mol. The molecule has 0 aliphatic heterocycles. The van der Waals surface area contributed by atoms with E-state index >= 15 is 0 Å². The van der Waals surface area contributed by atoms with E-state index in [2.05, 4.69) is 45.3 Å². The van der Waals surface area contributed by atoms with E-state index in [0.29, 0.717) is 6.04 Å². The first-order valence-electron chi connectivity index (χ1n) is 6.91. The monoisotopic (exact) mass is 281 g/mol. The number of aryl methyl sites for hydroxylation is 3. The third-order valence-corrected chi connectivity index (χ3v) is 4.50. The van der Waals surface area contributed by atoms with Gasteiger partial charge in [0.2, 0.25) is 0 Å². The van der Waals surface area contributed by atoms with Crippen LogP contribution in [-0.4, -0.2) is 32.3 Å². The lowest BCUT2D eigenvalue weighted by Crippen LogP contribution is -2.21. The highest BCUT2D eigenvalue weighted by molar-refractivity contribution is 7.99. The molecule has 1 rings (SSSR count). The summed E-state index contributed by atoms with van der Waals surface area (Å²) in [7, 11) is 3.82. The largest absolute Gasteiger partial charge is 0.385 e. The molecule has 1 aromatic rings. The molecule has 2 nitrogen and oxygen atoms in total. The third-order valence-electron chi connectivity index (χ3n) is 3.36. The van der Waals surface area contributed by atoms with Crippen molar-refractivity contribution in [1.29, 1.82) is 0 Å². The Morgan fingerprint density at radius 3 is 2.37 bits per heavy atom. The maximum atomic E-state index is 5.08. The zero-order valence-electron chi connectivity index (χ0n) is 12.9. The molecule has 0 saturated carbocycles. The van der Waals surface area contributed by atoms with Crippen LogP contribution in [0.4, 0.5) is 0 Å². The van der Waals surface area contributed by atoms with Crippen molar-refractivity contribution in [2.24, 2.45) is 0 Å². The van der Waals surface area contributed by atoms with Gasteiger partial charge < -0.3 is 10.1 Å². The quantitative estimate of drug-likeness (QED) is 0.735. The molecule has 0 radical (unpaired) electrons. The highest BCUT2D eigenvalue weighted by Gasteiger charge is 2.14. The number of thioether (sulfide) groups is 1. The first kappa shape index (κ1) is 16.5. The van der Waals surface area contributed by atoms with Gasteiger partial charge in [-0.05, 0) is 56.7 Å². The number of nitrogens with one attached hydrogen (secondary N) is 1. The number of rotatable bonds is 8. The van der Waals surface area contributed by atoms with Crippen LogP contribution >= 0.6 is 11.8 Å². The minimum Gasteiger partial charge on any atom is -0.385 e. The van der Waals surface area contributed by atoms with Gasteiger partial charge in [-0.1, -0.05) is 17.7 Å². The second-order valence-corrected chi connectivity index (χ2v) is 6.22. The van der Waals surface area contributed by atoms with Crippen molar-refractivity contribution in [3.05, 3.63) is 34.4 Å². The predicted octanol–water partition coefficient (Wildman–Crippen LogP) is 3.64. The summed E-state index contributed by atoms with van der Waals surface area (Å²) < 4.78 is 5.08. The Balaban J connectivity index is 2.64. The highest BCUT2D eigenvalue weighted by Crippen LogP contribution is 2.26. The van der Waals surface area contributed by atoms with Gasteiger partial charge >= 0.3 is 0 Å². The van der Waals surface area contributed by atoms with Gasteiger partial charge in [0.05, 0.1) is 0 Å². The van der Waals surface area contributed by atoms with Crippen LogP contribution < -0.4 is 5.32 Å². The Bertz CT molecular complexity index is 369. The van der Waals surface area contributed by atoms with Crippen molar-refractivity contribution in [2.45, 2.75) is 33.2 Å². The smallest absolute Gasteiger partial charge is 0.0470 e. The number of ether oxygens (including phenoxy) is 1. The van der Waals surface area contributed by atoms with Gasteiger partial charge in [-0.15, -0.1) is 0 Å². The van der Waals surface area contributed by atoms with Gasteiger partial charge in [-0.25, -0.2) is 0 Å². The maximum absolute atomic E-state index is 5.08. The molecule has 1 atom stereocenters. The van der Waals surface area contributed by atoms with Crippen molar-refractivity contribution in [3.8, 4) is 0 Å². The first-order chi connectivity index (χ1) is 9.10. The number of methoxy groups -OCH3 is 1. The molecule has 0 amide bonds. The first-order valence-corrected chi connectivity index (χ1v) is 8.07. The zero-order chi connectivity index (χ0) is 14.3. The molecule has 19 heavy (non-hydrogen) atoms. The summed E-state index contributed by atoms with van der Waals surface area (Å²) in [6, 6.07) is 5.00. The van der Waals surface area contributed by atoms with Crippen LogP contribution in [0.3, 0.4) is 0 Å². The fraction of sp³-hybridized carbons (Fsp3) is 0.625. The van der Waals surface area contributed by atoms with E-state index < -0.39 is 0 Å². The number of hydrogen-bond acceptors (Lipinski definition) is 3. The van der Waals surface area contributed by atoms with Crippen LogP contribution in [0.5, 0.6) is 0 Å². The average Bonchev–Trinajstić information content (AvgIpc) is 2.35. The molecule has 1 aromatic carbocycles. The van der Waals surface area contributed by atoms with E-state index in [9.17, 15) is 0 Å². The minimum absolute atomic E-state index is 0.438. The van der Waals surface area contributed by atoms with Gasteiger partial charge in [-0.2, -0.15) is 11.8 Å². The van der Waals surface area contributed by atoms with Crippen molar-refractivity contribution < 1.29 is 4.74 Å². The molecule has 3 heteroatoms. The van der Waals surface area contributed by atoms with Gasteiger partial charge in [0.15, 0.2) is 0 Å². The number of benzene rings is 1. The maximum Gasteiger partial charge on any atom is 0.0470 e. The minimum atomic E-state index is 0.438. The second-order valence-electron chi connectivity index (χ2n) is 5.07. The predicted molar refractivity (Wildman–Crippen MR) is 86.3 cm³/mol. The zero-order valence-corrected chi connectivity index (χ0v) is 13.7. The van der Waals surface area contributed by atoms with E-state index in [1.807, 2.05) is 11.8 Å². The van der Waals surface area contributed by atoms with E-state index in [1.54, 1.807) is 7.11 Å². The Kier molecular flexibility index (Phi) is 7.51. The van der Waals surface area contributed by atoms with Gasteiger partial charge in [0.25, 0.3) is 0 Å². The lowest BCUT2D eigenvalue weighted by atomic mass is 9.95. The molecule has 0 fully saturated rings. The summed E-state index contributed by atoms with van der Waals surface area (Å²) in [5.41, 5.74) is 5.61. The Morgan fingerprint density at radius 2 is 1.84 bits per heavy atom. The van der Waals surface area contributed by atoms with Crippen LogP contribution in [0.15, 0.2) is 12.1 Å². The van der Waals surface area contributed by atoms with E-state index in [1.165, 1.54) is 22.3 Å². The number of hydrogen-bond donors (Lipinski definition) is 1. The van der Waals surface area contributed by atoms with Crippen LogP contribution in [0.25, 0.3) is 0 Å². The summed E-state index contributed by atoms with van der Waals surface area (Å²) in [6.45, 7) is 7.46. The Morgan fingerprint density at radius 1 is 1.21 bits per heavy atom. The van der Waals surface area contributed by atoms with Crippen LogP contribution in [0, 0.1) is 20.8 Å². The van der Waals surface area contributed by atoms with Crippen molar-refractivity contribution in [3.63, 3.8) is 0 Å². The van der Waals surface area contributed by atoms with Gasteiger partial charge in [0.1, 0.15) is 0 Å². The van der Waals surface area contributed by atoms with Crippen LogP contribution in [0.2, 0.25) is 0 Å². The molecule has 0 aliphatic carbocycles. The summed E-state index contributed by atoms with van der Waals surface area (Å²) >= 11 is 2.00. The molecule has 108 valence electrons. The molecular weight excluding hydrogens is 254 g/mol. The van der Waals surface area contributed by atoms with E-state index in [4.69, 9.17) is 4.74 Å². The topological polar surface area (TPSA) is 21.3 Å². The molecule has 0 saturated heterocycles. The Labute approximate surface area is 122 Å². The highest BCUT2D eigenvalue weighted by atomic mass is 32.2. The molecule has 0 bridgehead atoms. The van der Waals surface area contributed by atoms with Crippen molar-refractivity contribution >= 4 is 11.8 Å². The molecule has 1 N–H and O–H groups in total. The second kappa shape index (κ2) is 8.62. The summed E-state index contributed by atoms with van der Waals surface area (Å²) in [6.07, 6.45) is 1.13. The van der Waals surface area contributed by atoms with Gasteiger partial charge in [0, 0.05) is 25.5 Å². The molecule has 1 unspecified atom stereocenters. The van der Waals surface area contributed by atoms with Crippen LogP contribution in [-0.2, 0) is 4.74 Å². The molecule has 0 aromatic heterocycles. The van der Waals surface area contributed by atoms with E-state index in [0.717, 1.165) is 24.5 Å². The lowest BCUT2D eigenvalue weighted by molar-refractivity contribution is 0.200. The van der Waals surface area contributed by atoms with Gasteiger partial charge in [-0.3, -0.25) is 0 Å². The summed E-state index contributed by atoms with van der Waals surface area (Å²) in [4.78, 5) is 0. The normalized spacial score (nSPS) is 12.7. The standard InChI is InChI=1S/C16H27NOS/c1-12-9-13(2)16(14(3)10-12)15(17-4)11-19-8-6-7-18-5/h9-10,15,17H,6-8,11H2,1-5H3. The van der Waals surface area contributed by atoms with Crippen molar-refractivity contribution in [1.82, 2.24) is 5.32 Å². The van der Waals surface area contributed by atoms with Crippen molar-refractivity contribution in [2.75, 3.05) is 32.3 Å². The SMILES string of the molecule is CNC(CSCCCOC)c1c(C)cc(C)cc1C. The fourth-order valence-corrected chi connectivity index (χ4v) is 3.62. The molecule has 0 heterocycles. The van der Waals surface area contributed by atoms with E-state index in [-0.39, 0.29) is 0 Å².